The molecule has 0 radical (unpaired) electrons. The molecule has 1 N–H and O–H groups in total. The first-order valence-corrected chi connectivity index (χ1v) is 11.6. The van der Waals surface area contributed by atoms with Crippen molar-refractivity contribution in [2.45, 2.75) is 31.2 Å². The summed E-state index contributed by atoms with van der Waals surface area (Å²) in [5.74, 6) is 0.963. The summed E-state index contributed by atoms with van der Waals surface area (Å²) in [5, 5.41) is 6.77. The van der Waals surface area contributed by atoms with E-state index in [1.165, 1.54) is 16.4 Å². The van der Waals surface area contributed by atoms with E-state index in [1.807, 2.05) is 0 Å². The van der Waals surface area contributed by atoms with Gasteiger partial charge in [0.1, 0.15) is 10.7 Å². The minimum atomic E-state index is -3.84. The van der Waals surface area contributed by atoms with Gasteiger partial charge in [-0.05, 0) is 43.2 Å². The number of nitrogens with one attached hydrogen (secondary N) is 1. The molecule has 1 aliphatic rings. The molecule has 3 aromatic rings. The predicted octanol–water partition coefficient (Wildman–Crippen LogP) is 3.01. The van der Waals surface area contributed by atoms with Gasteiger partial charge in [0.25, 0.3) is 0 Å². The third-order valence-corrected chi connectivity index (χ3v) is 7.56. The minimum absolute atomic E-state index is 0.0187. The normalized spacial score (nSPS) is 15.8. The Labute approximate surface area is 184 Å². The van der Waals surface area contributed by atoms with Crippen molar-refractivity contribution in [2.24, 2.45) is 5.92 Å². The van der Waals surface area contributed by atoms with Crippen LogP contribution in [-0.4, -0.2) is 41.9 Å². The van der Waals surface area contributed by atoms with Crippen LogP contribution in [-0.2, 0) is 21.4 Å². The highest BCUT2D eigenvalue weighted by atomic mass is 35.5. The maximum absolute atomic E-state index is 13.2. The number of piperidine rings is 1. The van der Waals surface area contributed by atoms with Crippen molar-refractivity contribution >= 4 is 27.5 Å². The van der Waals surface area contributed by atoms with Gasteiger partial charge < -0.3 is 14.3 Å². The molecule has 1 saturated heterocycles. The van der Waals surface area contributed by atoms with Gasteiger partial charge in [0.15, 0.2) is 0 Å². The Kier molecular flexibility index (Phi) is 6.12. The van der Waals surface area contributed by atoms with Gasteiger partial charge in [-0.2, -0.15) is 9.29 Å². The lowest BCUT2D eigenvalue weighted by molar-refractivity contribution is -0.126. The fraction of sp³-hybridized carbons (Fsp3) is 0.350. The minimum Gasteiger partial charge on any atom is -0.467 e. The van der Waals surface area contributed by atoms with Crippen LogP contribution in [0.15, 0.2) is 50.4 Å². The number of aryl methyl sites for hydroxylation is 1. The first kappa shape index (κ1) is 21.5. The van der Waals surface area contributed by atoms with Gasteiger partial charge in [-0.3, -0.25) is 4.79 Å². The van der Waals surface area contributed by atoms with E-state index in [0.717, 1.165) is 0 Å². The lowest BCUT2D eigenvalue weighted by Gasteiger charge is -2.30. The van der Waals surface area contributed by atoms with Gasteiger partial charge in [0.2, 0.25) is 27.6 Å². The fourth-order valence-corrected chi connectivity index (χ4v) is 5.46. The SMILES string of the molecule is Cc1nc(-c2ccc(Cl)c(S(=O)(=O)N3CCC(C(=O)NCc4ccco4)CC3)c2)no1. The summed E-state index contributed by atoms with van der Waals surface area (Å²) in [5.41, 5.74) is 0.493. The van der Waals surface area contributed by atoms with Crippen LogP contribution >= 0.6 is 11.6 Å². The maximum Gasteiger partial charge on any atom is 0.244 e. The summed E-state index contributed by atoms with van der Waals surface area (Å²) in [6, 6.07) is 8.13. The molecule has 9 nitrogen and oxygen atoms in total. The summed E-state index contributed by atoms with van der Waals surface area (Å²) < 4.78 is 38.0. The Morgan fingerprint density at radius 3 is 2.71 bits per heavy atom. The molecule has 0 unspecified atom stereocenters. The first-order valence-electron chi connectivity index (χ1n) is 9.75. The number of nitrogens with zero attached hydrogens (tertiary/aromatic N) is 3. The van der Waals surface area contributed by atoms with E-state index in [0.29, 0.717) is 36.6 Å². The smallest absolute Gasteiger partial charge is 0.244 e. The molecule has 11 heteroatoms. The monoisotopic (exact) mass is 464 g/mol. The molecule has 1 fully saturated rings. The van der Waals surface area contributed by atoms with E-state index in [1.54, 1.807) is 31.4 Å². The van der Waals surface area contributed by atoms with Gasteiger partial charge >= 0.3 is 0 Å². The second-order valence-corrected chi connectivity index (χ2v) is 9.57. The van der Waals surface area contributed by atoms with Crippen molar-refractivity contribution in [2.75, 3.05) is 13.1 Å². The van der Waals surface area contributed by atoms with Crippen LogP contribution in [0.4, 0.5) is 0 Å². The van der Waals surface area contributed by atoms with Gasteiger partial charge in [0, 0.05) is 31.5 Å². The standard InChI is InChI=1S/C20H21ClN4O5S/c1-13-23-19(24-30-13)15-4-5-17(21)18(11-15)31(27,28)25-8-6-14(7-9-25)20(26)22-12-16-3-2-10-29-16/h2-5,10-11,14H,6-9,12H2,1H3,(H,22,26). The Balaban J connectivity index is 1.43. The summed E-state index contributed by atoms with van der Waals surface area (Å²) in [4.78, 5) is 16.5. The van der Waals surface area contributed by atoms with Gasteiger partial charge in [-0.25, -0.2) is 8.42 Å². The Morgan fingerprint density at radius 2 is 2.06 bits per heavy atom. The largest absolute Gasteiger partial charge is 0.467 e. The van der Waals surface area contributed by atoms with Crippen molar-refractivity contribution < 1.29 is 22.2 Å². The number of furan rings is 1. The molecule has 0 saturated carbocycles. The summed E-state index contributed by atoms with van der Waals surface area (Å²) in [6.07, 6.45) is 2.39. The number of hydrogen-bond donors (Lipinski definition) is 1. The zero-order valence-electron chi connectivity index (χ0n) is 16.7. The molecular formula is C20H21ClN4O5S. The lowest BCUT2D eigenvalue weighted by Crippen LogP contribution is -2.42. The zero-order chi connectivity index (χ0) is 22.0. The van der Waals surface area contributed by atoms with Crippen molar-refractivity contribution in [3.63, 3.8) is 0 Å². The van der Waals surface area contributed by atoms with E-state index in [2.05, 4.69) is 15.5 Å². The third kappa shape index (κ3) is 4.65. The molecular weight excluding hydrogens is 444 g/mol. The van der Waals surface area contributed by atoms with Gasteiger partial charge in [-0.15, -0.1) is 0 Å². The van der Waals surface area contributed by atoms with Crippen LogP contribution in [0.1, 0.15) is 24.5 Å². The summed E-state index contributed by atoms with van der Waals surface area (Å²) in [7, 11) is -3.84. The maximum atomic E-state index is 13.2. The lowest BCUT2D eigenvalue weighted by atomic mass is 9.97. The van der Waals surface area contributed by atoms with Crippen molar-refractivity contribution in [3.05, 3.63) is 53.3 Å². The average Bonchev–Trinajstić information content (AvgIpc) is 3.44. The Morgan fingerprint density at radius 1 is 1.29 bits per heavy atom. The van der Waals surface area contributed by atoms with Gasteiger partial charge in [-0.1, -0.05) is 16.8 Å². The number of rotatable bonds is 6. The van der Waals surface area contributed by atoms with Crippen LogP contribution in [0.2, 0.25) is 5.02 Å². The Hall–Kier alpha value is -2.69. The van der Waals surface area contributed by atoms with Gasteiger partial charge in [0.05, 0.1) is 17.8 Å². The highest BCUT2D eigenvalue weighted by Gasteiger charge is 2.33. The second-order valence-electron chi connectivity index (χ2n) is 7.26. The van der Waals surface area contributed by atoms with E-state index >= 15 is 0 Å². The number of hydrogen-bond acceptors (Lipinski definition) is 7. The van der Waals surface area contributed by atoms with Crippen molar-refractivity contribution in [1.82, 2.24) is 19.8 Å². The second kappa shape index (κ2) is 8.81. The molecule has 4 rings (SSSR count). The number of amides is 1. The first-order chi connectivity index (χ1) is 14.8. The molecule has 1 aromatic carbocycles. The highest BCUT2D eigenvalue weighted by molar-refractivity contribution is 7.89. The van der Waals surface area contributed by atoms with Crippen molar-refractivity contribution in [3.8, 4) is 11.4 Å². The van der Waals surface area contributed by atoms with Crippen molar-refractivity contribution in [1.29, 1.82) is 0 Å². The third-order valence-electron chi connectivity index (χ3n) is 5.18. The zero-order valence-corrected chi connectivity index (χ0v) is 18.3. The molecule has 2 aromatic heterocycles. The Bertz CT molecular complexity index is 1170. The number of carbonyl (C=O) groups is 1. The molecule has 0 aliphatic carbocycles. The number of halogens is 1. The molecule has 31 heavy (non-hydrogen) atoms. The van der Waals surface area contributed by atoms with Crippen LogP contribution in [0.25, 0.3) is 11.4 Å². The quantitative estimate of drug-likeness (QED) is 0.595. The predicted molar refractivity (Wildman–Crippen MR) is 112 cm³/mol. The fourth-order valence-electron chi connectivity index (χ4n) is 3.49. The average molecular weight is 465 g/mol. The summed E-state index contributed by atoms with van der Waals surface area (Å²) >= 11 is 6.22. The number of aromatic nitrogens is 2. The highest BCUT2D eigenvalue weighted by Crippen LogP contribution is 2.31. The molecule has 1 amide bonds. The molecule has 0 atom stereocenters. The number of benzene rings is 1. The van der Waals surface area contributed by atoms with E-state index in [-0.39, 0.29) is 40.7 Å². The number of carbonyl (C=O) groups excluding carboxylic acids is 1. The van der Waals surface area contributed by atoms with E-state index in [9.17, 15) is 13.2 Å². The van der Waals surface area contributed by atoms with Crippen LogP contribution in [0.5, 0.6) is 0 Å². The molecule has 0 bridgehead atoms. The van der Waals surface area contributed by atoms with Crippen LogP contribution < -0.4 is 5.32 Å². The molecule has 3 heterocycles. The molecule has 164 valence electrons. The van der Waals surface area contributed by atoms with Crippen LogP contribution in [0, 0.1) is 12.8 Å². The van der Waals surface area contributed by atoms with E-state index in [4.69, 9.17) is 20.5 Å². The number of sulfonamides is 1. The van der Waals surface area contributed by atoms with Crippen LogP contribution in [0.3, 0.4) is 0 Å². The molecule has 1 aliphatic heterocycles. The van der Waals surface area contributed by atoms with E-state index < -0.39 is 10.0 Å². The topological polar surface area (TPSA) is 119 Å². The summed E-state index contributed by atoms with van der Waals surface area (Å²) in [6.45, 7) is 2.41. The molecule has 0 spiro atoms.